The molecule has 1 aliphatic heterocycles. The summed E-state index contributed by atoms with van der Waals surface area (Å²) in [6, 6.07) is 0. The van der Waals surface area contributed by atoms with E-state index in [4.69, 9.17) is 15.6 Å². The number of aliphatic hydroxyl groups excluding tert-OH is 3. The number of hydrogen-bond acceptors (Lipinski definition) is 7. The van der Waals surface area contributed by atoms with Crippen LogP contribution in [0.25, 0.3) is 0 Å². The Hall–Kier alpha value is -0.750. The molecule has 3 unspecified atom stereocenters. The molecule has 1 aromatic rings. The number of nitrogens with two attached hydrogens (primary N) is 1. The summed E-state index contributed by atoms with van der Waals surface area (Å²) in [4.78, 5) is 15.2. The van der Waals surface area contributed by atoms with E-state index in [1.165, 1.54) is 6.20 Å². The maximum Gasteiger partial charge on any atom is 0.351 e. The number of nitrogen functional groups attached to an aromatic ring is 1. The number of nitrogens with zero attached hydrogens (tertiary/aromatic N) is 2. The number of hydrogen-bond donors (Lipinski definition) is 4. The quantitative estimate of drug-likeness (QED) is 0.446. The van der Waals surface area contributed by atoms with E-state index < -0.39 is 36.8 Å². The normalized spacial score (nSPS) is 31.8. The Balaban J connectivity index is 2.39. The minimum atomic E-state index is -1.32. The van der Waals surface area contributed by atoms with Crippen LogP contribution < -0.4 is 11.4 Å². The second kappa shape index (κ2) is 5.09. The highest BCUT2D eigenvalue weighted by atomic mass is 127. The van der Waals surface area contributed by atoms with Crippen molar-refractivity contribution in [2.24, 2.45) is 0 Å². The van der Waals surface area contributed by atoms with E-state index in [0.29, 0.717) is 3.57 Å². The van der Waals surface area contributed by atoms with Crippen LogP contribution in [0.15, 0.2) is 11.0 Å². The summed E-state index contributed by atoms with van der Waals surface area (Å²) in [5, 5.41) is 28.4. The van der Waals surface area contributed by atoms with Gasteiger partial charge < -0.3 is 25.8 Å². The van der Waals surface area contributed by atoms with E-state index in [0.717, 1.165) is 4.57 Å². The summed E-state index contributed by atoms with van der Waals surface area (Å²) in [5.74, 6) is 0.0867. The van der Waals surface area contributed by atoms with Gasteiger partial charge in [-0.05, 0) is 22.6 Å². The predicted molar refractivity (Wildman–Crippen MR) is 68.6 cm³/mol. The number of halogens is 1. The summed E-state index contributed by atoms with van der Waals surface area (Å²) >= 11 is 1.88. The lowest BCUT2D eigenvalue weighted by Gasteiger charge is -2.17. The Morgan fingerprint density at radius 1 is 1.50 bits per heavy atom. The summed E-state index contributed by atoms with van der Waals surface area (Å²) in [7, 11) is 0. The molecule has 0 aromatic carbocycles. The zero-order chi connectivity index (χ0) is 13.4. The van der Waals surface area contributed by atoms with Gasteiger partial charge in [0.05, 0.1) is 10.2 Å². The molecule has 9 heteroatoms. The van der Waals surface area contributed by atoms with Crippen LogP contribution in [-0.2, 0) is 4.74 Å². The van der Waals surface area contributed by atoms with E-state index in [2.05, 4.69) is 4.98 Å². The first-order valence-corrected chi connectivity index (χ1v) is 6.20. The topological polar surface area (TPSA) is 131 Å². The fourth-order valence-corrected chi connectivity index (χ4v) is 2.17. The van der Waals surface area contributed by atoms with Crippen molar-refractivity contribution in [2.75, 3.05) is 12.3 Å². The third-order valence-electron chi connectivity index (χ3n) is 2.73. The van der Waals surface area contributed by atoms with E-state index in [-0.39, 0.29) is 5.82 Å². The predicted octanol–water partition coefficient (Wildman–Crippen LogP) is -1.96. The summed E-state index contributed by atoms with van der Waals surface area (Å²) in [6.07, 6.45) is -3.23. The first-order valence-electron chi connectivity index (χ1n) is 5.12. The molecule has 1 fully saturated rings. The van der Waals surface area contributed by atoms with Crippen molar-refractivity contribution in [1.29, 1.82) is 0 Å². The molecule has 0 amide bonds. The van der Waals surface area contributed by atoms with Crippen molar-refractivity contribution >= 4 is 28.4 Å². The van der Waals surface area contributed by atoms with Crippen LogP contribution in [0.3, 0.4) is 0 Å². The van der Waals surface area contributed by atoms with E-state index in [1.807, 2.05) is 22.6 Å². The van der Waals surface area contributed by atoms with Gasteiger partial charge >= 0.3 is 5.69 Å². The molecule has 8 nitrogen and oxygen atoms in total. The number of aromatic nitrogens is 2. The van der Waals surface area contributed by atoms with Crippen LogP contribution in [-0.4, -0.2) is 49.8 Å². The SMILES string of the molecule is Nc1nc(=O)n(C2OC(CO)C(O)[C@@H]2O)cc1I. The second-order valence-corrected chi connectivity index (χ2v) is 5.05. The van der Waals surface area contributed by atoms with Crippen LogP contribution in [0.4, 0.5) is 5.82 Å². The van der Waals surface area contributed by atoms with Crippen LogP contribution in [0.2, 0.25) is 0 Å². The van der Waals surface area contributed by atoms with Crippen molar-refractivity contribution in [1.82, 2.24) is 9.55 Å². The highest BCUT2D eigenvalue weighted by Crippen LogP contribution is 2.28. The van der Waals surface area contributed by atoms with Crippen LogP contribution in [0, 0.1) is 3.57 Å². The first-order chi connectivity index (χ1) is 8.45. The lowest BCUT2D eigenvalue weighted by molar-refractivity contribution is -0.0550. The van der Waals surface area contributed by atoms with Gasteiger partial charge in [-0.3, -0.25) is 4.57 Å². The molecular formula is C9H12IN3O5. The van der Waals surface area contributed by atoms with Gasteiger partial charge in [0.2, 0.25) is 0 Å². The van der Waals surface area contributed by atoms with Gasteiger partial charge in [-0.15, -0.1) is 0 Å². The Kier molecular flexibility index (Phi) is 3.87. The molecule has 4 atom stereocenters. The highest BCUT2D eigenvalue weighted by Gasteiger charge is 2.43. The number of anilines is 1. The summed E-state index contributed by atoms with van der Waals surface area (Å²) in [6.45, 7) is -0.455. The Morgan fingerprint density at radius 2 is 2.17 bits per heavy atom. The molecule has 1 saturated heterocycles. The molecule has 2 heterocycles. The first kappa shape index (κ1) is 13.7. The van der Waals surface area contributed by atoms with Crippen LogP contribution in [0.5, 0.6) is 0 Å². The van der Waals surface area contributed by atoms with Crippen molar-refractivity contribution in [2.45, 2.75) is 24.5 Å². The van der Waals surface area contributed by atoms with Crippen molar-refractivity contribution in [3.05, 3.63) is 20.3 Å². The van der Waals surface area contributed by atoms with Crippen molar-refractivity contribution in [3.8, 4) is 0 Å². The third-order valence-corrected chi connectivity index (χ3v) is 3.56. The Labute approximate surface area is 115 Å². The van der Waals surface area contributed by atoms with Gasteiger partial charge in [-0.1, -0.05) is 0 Å². The van der Waals surface area contributed by atoms with Crippen LogP contribution >= 0.6 is 22.6 Å². The lowest BCUT2D eigenvalue weighted by atomic mass is 10.1. The lowest BCUT2D eigenvalue weighted by Crippen LogP contribution is -2.36. The average Bonchev–Trinajstić information content (AvgIpc) is 2.61. The van der Waals surface area contributed by atoms with Gasteiger partial charge in [-0.25, -0.2) is 4.79 Å². The van der Waals surface area contributed by atoms with Crippen molar-refractivity contribution in [3.63, 3.8) is 0 Å². The molecule has 100 valence electrons. The van der Waals surface area contributed by atoms with E-state index >= 15 is 0 Å². The number of ether oxygens (including phenoxy) is 1. The van der Waals surface area contributed by atoms with Gasteiger partial charge in [0.1, 0.15) is 24.1 Å². The molecule has 1 aliphatic rings. The fourth-order valence-electron chi connectivity index (χ4n) is 1.75. The van der Waals surface area contributed by atoms with E-state index in [9.17, 15) is 15.0 Å². The minimum Gasteiger partial charge on any atom is -0.394 e. The highest BCUT2D eigenvalue weighted by molar-refractivity contribution is 14.1. The molecule has 1 aromatic heterocycles. The Morgan fingerprint density at radius 3 is 2.72 bits per heavy atom. The van der Waals surface area contributed by atoms with Gasteiger partial charge in [-0.2, -0.15) is 4.98 Å². The van der Waals surface area contributed by atoms with Gasteiger partial charge in [0.25, 0.3) is 0 Å². The number of rotatable bonds is 2. The fraction of sp³-hybridized carbons (Fsp3) is 0.556. The average molecular weight is 369 g/mol. The van der Waals surface area contributed by atoms with E-state index in [1.54, 1.807) is 0 Å². The molecule has 18 heavy (non-hydrogen) atoms. The molecule has 5 N–H and O–H groups in total. The molecule has 2 rings (SSSR count). The Bertz CT molecular complexity index is 507. The zero-order valence-electron chi connectivity index (χ0n) is 9.10. The molecule has 0 bridgehead atoms. The number of aliphatic hydroxyl groups is 3. The maximum atomic E-state index is 11.7. The molecule has 0 saturated carbocycles. The molecule has 0 aliphatic carbocycles. The largest absolute Gasteiger partial charge is 0.394 e. The monoisotopic (exact) mass is 369 g/mol. The van der Waals surface area contributed by atoms with Gasteiger partial charge in [0.15, 0.2) is 6.23 Å². The van der Waals surface area contributed by atoms with Crippen molar-refractivity contribution < 1.29 is 20.1 Å². The third kappa shape index (κ3) is 2.23. The summed E-state index contributed by atoms with van der Waals surface area (Å²) < 4.78 is 6.79. The zero-order valence-corrected chi connectivity index (χ0v) is 11.3. The standard InChI is InChI=1S/C9H12IN3O5/c10-3-1-13(9(17)12-7(3)11)8-6(16)5(15)4(2-14)18-8/h1,4-6,8,14-16H,2H2,(H2,11,12,17)/t4?,5?,6-,8?/m0/s1. The molecular weight excluding hydrogens is 357 g/mol. The minimum absolute atomic E-state index is 0.0867. The smallest absolute Gasteiger partial charge is 0.351 e. The summed E-state index contributed by atoms with van der Waals surface area (Å²) in [5.41, 5.74) is 4.79. The maximum absolute atomic E-state index is 11.7. The van der Waals surface area contributed by atoms with Gasteiger partial charge in [0, 0.05) is 6.20 Å². The molecule has 0 spiro atoms. The molecule has 0 radical (unpaired) electrons. The van der Waals surface area contributed by atoms with Crippen LogP contribution in [0.1, 0.15) is 6.23 Å². The second-order valence-electron chi connectivity index (χ2n) is 3.89.